The molecule has 0 saturated carbocycles. The summed E-state index contributed by atoms with van der Waals surface area (Å²) in [5.74, 6) is 1.62. The van der Waals surface area contributed by atoms with E-state index in [2.05, 4.69) is 4.98 Å². The molecule has 21 heavy (non-hydrogen) atoms. The first kappa shape index (κ1) is 13.4. The van der Waals surface area contributed by atoms with Gasteiger partial charge in [-0.05, 0) is 43.3 Å². The zero-order chi connectivity index (χ0) is 14.7. The summed E-state index contributed by atoms with van der Waals surface area (Å²) in [4.78, 5) is 4.16. The number of imidazole rings is 1. The molecule has 0 aliphatic carbocycles. The van der Waals surface area contributed by atoms with E-state index < -0.39 is 0 Å². The Hall–Kier alpha value is -2.59. The highest BCUT2D eigenvalue weighted by molar-refractivity contribution is 5.40. The summed E-state index contributed by atoms with van der Waals surface area (Å²) in [6.07, 6.45) is 3.56. The molecule has 0 aliphatic rings. The van der Waals surface area contributed by atoms with Crippen molar-refractivity contribution in [2.75, 3.05) is 0 Å². The standard InChI is InChI=1S/C17H17N3O/c1-13(18)17-11-19-12-20(17)14-7-9-16(10-8-14)21-15-5-3-2-4-6-15/h2-13H,18H2,1H3/t13-/m0/s1. The van der Waals surface area contributed by atoms with Crippen LogP contribution in [-0.2, 0) is 0 Å². The van der Waals surface area contributed by atoms with E-state index in [-0.39, 0.29) is 6.04 Å². The van der Waals surface area contributed by atoms with E-state index in [1.807, 2.05) is 66.1 Å². The molecule has 0 aliphatic heterocycles. The average Bonchev–Trinajstić information content (AvgIpc) is 2.99. The van der Waals surface area contributed by atoms with Crippen molar-refractivity contribution in [3.05, 3.63) is 72.8 Å². The minimum Gasteiger partial charge on any atom is -0.457 e. The molecule has 1 atom stereocenters. The van der Waals surface area contributed by atoms with Crippen molar-refractivity contribution in [1.29, 1.82) is 0 Å². The highest BCUT2D eigenvalue weighted by Crippen LogP contribution is 2.23. The Kier molecular flexibility index (Phi) is 3.71. The third-order valence-corrected chi connectivity index (χ3v) is 3.23. The van der Waals surface area contributed by atoms with E-state index in [0.717, 1.165) is 22.9 Å². The maximum absolute atomic E-state index is 5.94. The van der Waals surface area contributed by atoms with Crippen LogP contribution >= 0.6 is 0 Å². The number of rotatable bonds is 4. The number of aromatic nitrogens is 2. The van der Waals surface area contributed by atoms with Gasteiger partial charge in [0.15, 0.2) is 0 Å². The first-order valence-corrected chi connectivity index (χ1v) is 6.85. The number of nitrogens with zero attached hydrogens (tertiary/aromatic N) is 2. The predicted octanol–water partition coefficient (Wildman–Crippen LogP) is 3.68. The smallest absolute Gasteiger partial charge is 0.127 e. The molecule has 4 nitrogen and oxygen atoms in total. The van der Waals surface area contributed by atoms with Crippen LogP contribution in [0.4, 0.5) is 0 Å². The zero-order valence-corrected chi connectivity index (χ0v) is 11.8. The van der Waals surface area contributed by atoms with Crippen molar-refractivity contribution in [2.45, 2.75) is 13.0 Å². The molecule has 0 fully saturated rings. The van der Waals surface area contributed by atoms with E-state index in [1.54, 1.807) is 12.5 Å². The fourth-order valence-electron chi connectivity index (χ4n) is 2.16. The number of benzene rings is 2. The van der Waals surface area contributed by atoms with Crippen molar-refractivity contribution in [3.63, 3.8) is 0 Å². The largest absolute Gasteiger partial charge is 0.457 e. The summed E-state index contributed by atoms with van der Waals surface area (Å²) in [5, 5.41) is 0. The Balaban J connectivity index is 1.82. The molecular weight excluding hydrogens is 262 g/mol. The maximum atomic E-state index is 5.94. The Bertz CT molecular complexity index is 702. The van der Waals surface area contributed by atoms with E-state index >= 15 is 0 Å². The van der Waals surface area contributed by atoms with Gasteiger partial charge in [-0.3, -0.25) is 0 Å². The lowest BCUT2D eigenvalue weighted by Crippen LogP contribution is -2.10. The highest BCUT2D eigenvalue weighted by atomic mass is 16.5. The van der Waals surface area contributed by atoms with Gasteiger partial charge in [0, 0.05) is 11.7 Å². The van der Waals surface area contributed by atoms with Gasteiger partial charge < -0.3 is 15.0 Å². The average molecular weight is 279 g/mol. The summed E-state index contributed by atoms with van der Waals surface area (Å²) in [5.41, 5.74) is 7.94. The number of hydrogen-bond donors (Lipinski definition) is 1. The minimum atomic E-state index is -0.0623. The Morgan fingerprint density at radius 1 is 1.00 bits per heavy atom. The number of para-hydroxylation sites is 1. The molecule has 2 aromatic carbocycles. The van der Waals surface area contributed by atoms with Gasteiger partial charge in [0.1, 0.15) is 11.5 Å². The molecule has 106 valence electrons. The fourth-order valence-corrected chi connectivity index (χ4v) is 2.16. The van der Waals surface area contributed by atoms with Crippen molar-refractivity contribution in [3.8, 4) is 17.2 Å². The van der Waals surface area contributed by atoms with Gasteiger partial charge in [-0.25, -0.2) is 4.98 Å². The lowest BCUT2D eigenvalue weighted by Gasteiger charge is -2.11. The van der Waals surface area contributed by atoms with Gasteiger partial charge in [-0.2, -0.15) is 0 Å². The molecule has 0 radical (unpaired) electrons. The molecule has 0 unspecified atom stereocenters. The van der Waals surface area contributed by atoms with Crippen molar-refractivity contribution >= 4 is 0 Å². The summed E-state index contributed by atoms with van der Waals surface area (Å²) in [7, 11) is 0. The summed E-state index contributed by atoms with van der Waals surface area (Å²) in [6, 6.07) is 17.5. The Labute approximate surface area is 123 Å². The normalized spacial score (nSPS) is 12.1. The second-order valence-electron chi connectivity index (χ2n) is 4.89. The molecule has 0 saturated heterocycles. The quantitative estimate of drug-likeness (QED) is 0.792. The van der Waals surface area contributed by atoms with E-state index in [4.69, 9.17) is 10.5 Å². The molecule has 0 amide bonds. The topological polar surface area (TPSA) is 53.1 Å². The van der Waals surface area contributed by atoms with Crippen molar-refractivity contribution in [2.24, 2.45) is 5.73 Å². The molecule has 3 aromatic rings. The van der Waals surface area contributed by atoms with Crippen molar-refractivity contribution < 1.29 is 4.74 Å². The Morgan fingerprint density at radius 2 is 1.67 bits per heavy atom. The van der Waals surface area contributed by atoms with E-state index in [0.29, 0.717) is 0 Å². The van der Waals surface area contributed by atoms with Gasteiger partial charge in [0.2, 0.25) is 0 Å². The minimum absolute atomic E-state index is 0.0623. The van der Waals surface area contributed by atoms with Crippen LogP contribution in [0.1, 0.15) is 18.7 Å². The summed E-state index contributed by atoms with van der Waals surface area (Å²) in [6.45, 7) is 1.94. The lowest BCUT2D eigenvalue weighted by atomic mass is 10.2. The highest BCUT2D eigenvalue weighted by Gasteiger charge is 2.08. The second-order valence-corrected chi connectivity index (χ2v) is 4.89. The monoisotopic (exact) mass is 279 g/mol. The summed E-state index contributed by atoms with van der Waals surface area (Å²) >= 11 is 0. The van der Waals surface area contributed by atoms with Gasteiger partial charge in [-0.15, -0.1) is 0 Å². The zero-order valence-electron chi connectivity index (χ0n) is 11.8. The van der Waals surface area contributed by atoms with Crippen LogP contribution in [0.15, 0.2) is 67.1 Å². The van der Waals surface area contributed by atoms with Crippen LogP contribution in [-0.4, -0.2) is 9.55 Å². The van der Waals surface area contributed by atoms with Gasteiger partial charge in [-0.1, -0.05) is 18.2 Å². The van der Waals surface area contributed by atoms with Gasteiger partial charge >= 0.3 is 0 Å². The predicted molar refractivity (Wildman–Crippen MR) is 82.7 cm³/mol. The molecule has 0 bridgehead atoms. The van der Waals surface area contributed by atoms with Crippen LogP contribution < -0.4 is 10.5 Å². The van der Waals surface area contributed by atoms with Crippen LogP contribution in [0.2, 0.25) is 0 Å². The number of nitrogens with two attached hydrogens (primary N) is 1. The molecule has 2 N–H and O–H groups in total. The molecule has 1 aromatic heterocycles. The third kappa shape index (κ3) is 2.95. The maximum Gasteiger partial charge on any atom is 0.127 e. The summed E-state index contributed by atoms with van der Waals surface area (Å²) < 4.78 is 7.76. The molecular formula is C17H17N3O. The van der Waals surface area contributed by atoms with Crippen LogP contribution in [0.25, 0.3) is 5.69 Å². The molecule has 4 heteroatoms. The van der Waals surface area contributed by atoms with Gasteiger partial charge in [0.05, 0.1) is 18.2 Å². The van der Waals surface area contributed by atoms with Crippen LogP contribution in [0.3, 0.4) is 0 Å². The Morgan fingerprint density at radius 3 is 2.33 bits per heavy atom. The molecule has 3 rings (SSSR count). The molecule has 0 spiro atoms. The van der Waals surface area contributed by atoms with Gasteiger partial charge in [0.25, 0.3) is 0 Å². The van der Waals surface area contributed by atoms with Crippen LogP contribution in [0, 0.1) is 0 Å². The second kappa shape index (κ2) is 5.81. The van der Waals surface area contributed by atoms with Crippen LogP contribution in [0.5, 0.6) is 11.5 Å². The lowest BCUT2D eigenvalue weighted by molar-refractivity contribution is 0.482. The van der Waals surface area contributed by atoms with Crippen molar-refractivity contribution in [1.82, 2.24) is 9.55 Å². The SMILES string of the molecule is C[C@H](N)c1cncn1-c1ccc(Oc2ccccc2)cc1. The fraction of sp³-hybridized carbons (Fsp3) is 0.118. The van der Waals surface area contributed by atoms with E-state index in [9.17, 15) is 0 Å². The molecule has 1 heterocycles. The number of hydrogen-bond acceptors (Lipinski definition) is 3. The number of ether oxygens (including phenoxy) is 1. The third-order valence-electron chi connectivity index (χ3n) is 3.23. The first-order chi connectivity index (χ1) is 10.2. The first-order valence-electron chi connectivity index (χ1n) is 6.85. The van der Waals surface area contributed by atoms with E-state index in [1.165, 1.54) is 0 Å².